The molecule has 0 spiro atoms. The number of carbonyl (C=O) groups is 1. The van der Waals surface area contributed by atoms with Crippen molar-refractivity contribution in [1.82, 2.24) is 0 Å². The van der Waals surface area contributed by atoms with Gasteiger partial charge in [0, 0.05) is 11.3 Å². The number of carbonyl (C=O) groups excluding carboxylic acids is 1. The summed E-state index contributed by atoms with van der Waals surface area (Å²) in [6.45, 7) is 5.64. The third-order valence-corrected chi connectivity index (χ3v) is 5.90. The first-order chi connectivity index (χ1) is 13.3. The van der Waals surface area contributed by atoms with E-state index in [1.165, 1.54) is 12.1 Å². The van der Waals surface area contributed by atoms with E-state index in [4.69, 9.17) is 0 Å². The van der Waals surface area contributed by atoms with Crippen LogP contribution in [0.2, 0.25) is 0 Å². The van der Waals surface area contributed by atoms with Crippen LogP contribution in [0.1, 0.15) is 27.0 Å². The van der Waals surface area contributed by atoms with Gasteiger partial charge in [0.15, 0.2) is 0 Å². The van der Waals surface area contributed by atoms with Crippen LogP contribution in [0, 0.1) is 20.8 Å². The highest BCUT2D eigenvalue weighted by molar-refractivity contribution is 7.92. The van der Waals surface area contributed by atoms with Gasteiger partial charge in [0.25, 0.3) is 15.9 Å². The Balaban J connectivity index is 1.88. The van der Waals surface area contributed by atoms with Crippen molar-refractivity contribution in [1.29, 1.82) is 0 Å². The Morgan fingerprint density at radius 1 is 0.786 bits per heavy atom. The van der Waals surface area contributed by atoms with Gasteiger partial charge in [-0.1, -0.05) is 42.5 Å². The molecule has 5 nitrogen and oxygen atoms in total. The number of sulfonamides is 1. The number of rotatable bonds is 5. The van der Waals surface area contributed by atoms with Gasteiger partial charge in [0.05, 0.1) is 10.6 Å². The van der Waals surface area contributed by atoms with Crippen LogP contribution in [0.3, 0.4) is 0 Å². The summed E-state index contributed by atoms with van der Waals surface area (Å²) < 4.78 is 27.8. The lowest BCUT2D eigenvalue weighted by atomic mass is 10.1. The highest BCUT2D eigenvalue weighted by atomic mass is 32.2. The molecule has 0 saturated carbocycles. The predicted octanol–water partition coefficient (Wildman–Crippen LogP) is 4.66. The van der Waals surface area contributed by atoms with E-state index in [0.717, 1.165) is 22.4 Å². The van der Waals surface area contributed by atoms with Crippen molar-refractivity contribution >= 4 is 27.3 Å². The molecule has 0 aliphatic heterocycles. The second-order valence-electron chi connectivity index (χ2n) is 6.67. The smallest absolute Gasteiger partial charge is 0.261 e. The molecular weight excluding hydrogens is 372 g/mol. The van der Waals surface area contributed by atoms with Crippen molar-refractivity contribution in [3.8, 4) is 0 Å². The number of benzene rings is 3. The summed E-state index contributed by atoms with van der Waals surface area (Å²) in [5.74, 6) is -0.294. The third kappa shape index (κ3) is 4.23. The average molecular weight is 394 g/mol. The molecule has 0 atom stereocenters. The molecule has 0 aromatic heterocycles. The summed E-state index contributed by atoms with van der Waals surface area (Å²) in [7, 11) is -3.73. The highest BCUT2D eigenvalue weighted by Crippen LogP contribution is 2.24. The molecule has 28 heavy (non-hydrogen) atoms. The molecule has 3 aromatic rings. The minimum Gasteiger partial charge on any atom is -0.322 e. The molecule has 1 amide bonds. The summed E-state index contributed by atoms with van der Waals surface area (Å²) in [5.41, 5.74) is 4.16. The SMILES string of the molecule is Cc1ccc(C(=O)Nc2c(C)cccc2C)cc1NS(=O)(=O)c1ccccc1. The van der Waals surface area contributed by atoms with Gasteiger partial charge in [-0.3, -0.25) is 9.52 Å². The number of hydrogen-bond acceptors (Lipinski definition) is 3. The Labute approximate surface area is 165 Å². The zero-order chi connectivity index (χ0) is 20.3. The summed E-state index contributed by atoms with van der Waals surface area (Å²) in [4.78, 5) is 12.9. The summed E-state index contributed by atoms with van der Waals surface area (Å²) in [5, 5.41) is 2.92. The fraction of sp³-hybridized carbons (Fsp3) is 0.136. The van der Waals surface area contributed by atoms with Crippen molar-refractivity contribution in [2.24, 2.45) is 0 Å². The molecule has 0 unspecified atom stereocenters. The number of hydrogen-bond donors (Lipinski definition) is 2. The lowest BCUT2D eigenvalue weighted by Crippen LogP contribution is -2.16. The quantitative estimate of drug-likeness (QED) is 0.661. The maximum atomic E-state index is 12.7. The van der Waals surface area contributed by atoms with E-state index in [1.807, 2.05) is 32.0 Å². The normalized spacial score (nSPS) is 11.1. The minimum atomic E-state index is -3.73. The molecule has 3 rings (SSSR count). The number of amides is 1. The standard InChI is InChI=1S/C22H22N2O3S/c1-15-12-13-18(22(25)23-21-16(2)8-7-9-17(21)3)14-20(15)24-28(26,27)19-10-5-4-6-11-19/h4-14,24H,1-3H3,(H,23,25). The molecule has 144 valence electrons. The van der Waals surface area contributed by atoms with E-state index in [1.54, 1.807) is 43.3 Å². The predicted molar refractivity (Wildman–Crippen MR) is 112 cm³/mol. The van der Waals surface area contributed by atoms with E-state index >= 15 is 0 Å². The van der Waals surface area contributed by atoms with Crippen molar-refractivity contribution < 1.29 is 13.2 Å². The van der Waals surface area contributed by atoms with E-state index in [2.05, 4.69) is 10.0 Å². The summed E-state index contributed by atoms with van der Waals surface area (Å²) in [6, 6.07) is 18.9. The van der Waals surface area contributed by atoms with Crippen molar-refractivity contribution in [2.75, 3.05) is 10.0 Å². The summed E-state index contributed by atoms with van der Waals surface area (Å²) in [6.07, 6.45) is 0. The van der Waals surface area contributed by atoms with Gasteiger partial charge in [-0.15, -0.1) is 0 Å². The Kier molecular flexibility index (Phi) is 5.51. The molecule has 2 N–H and O–H groups in total. The second-order valence-corrected chi connectivity index (χ2v) is 8.35. The van der Waals surface area contributed by atoms with Gasteiger partial charge >= 0.3 is 0 Å². The van der Waals surface area contributed by atoms with Crippen molar-refractivity contribution in [2.45, 2.75) is 25.7 Å². The maximum Gasteiger partial charge on any atom is 0.261 e. The monoisotopic (exact) mass is 394 g/mol. The van der Waals surface area contributed by atoms with Crippen LogP contribution in [0.15, 0.2) is 71.6 Å². The van der Waals surface area contributed by atoms with Crippen LogP contribution in [0.25, 0.3) is 0 Å². The molecular formula is C22H22N2O3S. The highest BCUT2D eigenvalue weighted by Gasteiger charge is 2.17. The second kappa shape index (κ2) is 7.86. The van der Waals surface area contributed by atoms with Gasteiger partial charge < -0.3 is 5.32 Å². The van der Waals surface area contributed by atoms with Crippen molar-refractivity contribution in [3.05, 3.63) is 89.0 Å². The Bertz CT molecular complexity index is 1100. The van der Waals surface area contributed by atoms with E-state index in [-0.39, 0.29) is 10.8 Å². The third-order valence-electron chi connectivity index (χ3n) is 4.52. The summed E-state index contributed by atoms with van der Waals surface area (Å²) >= 11 is 0. The molecule has 0 fully saturated rings. The lowest BCUT2D eigenvalue weighted by molar-refractivity contribution is 0.102. The van der Waals surface area contributed by atoms with Gasteiger partial charge in [-0.05, 0) is 61.7 Å². The number of nitrogens with one attached hydrogen (secondary N) is 2. The van der Waals surface area contributed by atoms with Crippen molar-refractivity contribution in [3.63, 3.8) is 0 Å². The van der Waals surface area contributed by atoms with Crippen LogP contribution in [-0.2, 0) is 10.0 Å². The molecule has 3 aromatic carbocycles. The Morgan fingerprint density at radius 3 is 2.07 bits per heavy atom. The minimum absolute atomic E-state index is 0.166. The molecule has 0 aliphatic rings. The largest absolute Gasteiger partial charge is 0.322 e. The molecule has 0 heterocycles. The van der Waals surface area contributed by atoms with Gasteiger partial charge in [0.1, 0.15) is 0 Å². The van der Waals surface area contributed by atoms with Gasteiger partial charge in [-0.2, -0.15) is 0 Å². The van der Waals surface area contributed by atoms with Gasteiger partial charge in [-0.25, -0.2) is 8.42 Å². The maximum absolute atomic E-state index is 12.7. The van der Waals surface area contributed by atoms with Crippen LogP contribution in [-0.4, -0.2) is 14.3 Å². The molecule has 6 heteroatoms. The first-order valence-electron chi connectivity index (χ1n) is 8.84. The Morgan fingerprint density at radius 2 is 1.43 bits per heavy atom. The Hall–Kier alpha value is -3.12. The zero-order valence-electron chi connectivity index (χ0n) is 16.0. The molecule has 0 radical (unpaired) electrons. The zero-order valence-corrected chi connectivity index (χ0v) is 16.8. The number of aryl methyl sites for hydroxylation is 3. The van der Waals surface area contributed by atoms with E-state index < -0.39 is 10.0 Å². The van der Waals surface area contributed by atoms with Crippen LogP contribution in [0.4, 0.5) is 11.4 Å². The van der Waals surface area contributed by atoms with E-state index in [9.17, 15) is 13.2 Å². The van der Waals surface area contributed by atoms with Crippen LogP contribution >= 0.6 is 0 Å². The molecule has 0 aliphatic carbocycles. The molecule has 0 saturated heterocycles. The first-order valence-corrected chi connectivity index (χ1v) is 10.3. The topological polar surface area (TPSA) is 75.3 Å². The first kappa shape index (κ1) is 19.6. The fourth-order valence-corrected chi connectivity index (χ4v) is 4.02. The number of anilines is 2. The average Bonchev–Trinajstić information content (AvgIpc) is 2.67. The van der Waals surface area contributed by atoms with Crippen LogP contribution < -0.4 is 10.0 Å². The fourth-order valence-electron chi connectivity index (χ4n) is 2.87. The lowest BCUT2D eigenvalue weighted by Gasteiger charge is -2.14. The molecule has 0 bridgehead atoms. The number of para-hydroxylation sites is 1. The van der Waals surface area contributed by atoms with Gasteiger partial charge in [0.2, 0.25) is 0 Å². The van der Waals surface area contributed by atoms with E-state index in [0.29, 0.717) is 11.3 Å². The van der Waals surface area contributed by atoms with Crippen LogP contribution in [0.5, 0.6) is 0 Å².